The number of pyridine rings is 1. The Bertz CT molecular complexity index is 443. The lowest BCUT2D eigenvalue weighted by Gasteiger charge is -2.19. The number of nitrogens with one attached hydrogen (secondary N) is 1. The quantitative estimate of drug-likeness (QED) is 0.781. The molecule has 0 spiro atoms. The van der Waals surface area contributed by atoms with E-state index in [1.165, 1.54) is 22.9 Å². The average Bonchev–Trinajstić information content (AvgIpc) is 2.08. The van der Waals surface area contributed by atoms with Crippen molar-refractivity contribution < 1.29 is 9.53 Å². The third-order valence-electron chi connectivity index (χ3n) is 1.75. The fourth-order valence-electron chi connectivity index (χ4n) is 1.07. The summed E-state index contributed by atoms with van der Waals surface area (Å²) in [6.45, 7) is 5.57. The molecule has 1 aromatic heterocycles. The van der Waals surface area contributed by atoms with Crippen molar-refractivity contribution in [2.75, 3.05) is 0 Å². The van der Waals surface area contributed by atoms with Crippen molar-refractivity contribution in [1.82, 2.24) is 9.88 Å². The maximum absolute atomic E-state index is 11.4. The topological polar surface area (TPSA) is 60.3 Å². The van der Waals surface area contributed by atoms with Gasteiger partial charge in [-0.3, -0.25) is 4.79 Å². The minimum absolute atomic E-state index is 0.149. The summed E-state index contributed by atoms with van der Waals surface area (Å²) in [6, 6.07) is 2.81. The van der Waals surface area contributed by atoms with Crippen LogP contribution in [0.4, 0.5) is 4.79 Å². The molecule has 5 nitrogen and oxygen atoms in total. The molecule has 1 N–H and O–H groups in total. The highest BCUT2D eigenvalue weighted by Gasteiger charge is 2.15. The number of rotatable bonds is 1. The van der Waals surface area contributed by atoms with Crippen molar-refractivity contribution in [1.29, 1.82) is 0 Å². The number of nitrogens with zero attached hydrogens (tertiary/aromatic N) is 1. The van der Waals surface area contributed by atoms with Crippen LogP contribution in [0, 0.1) is 0 Å². The van der Waals surface area contributed by atoms with Gasteiger partial charge in [0.15, 0.2) is 0 Å². The molecule has 0 radical (unpaired) electrons. The van der Waals surface area contributed by atoms with Crippen molar-refractivity contribution in [3.05, 3.63) is 28.7 Å². The van der Waals surface area contributed by atoms with Gasteiger partial charge in [0, 0.05) is 24.8 Å². The molecule has 0 bridgehead atoms. The van der Waals surface area contributed by atoms with E-state index in [-0.39, 0.29) is 11.1 Å². The molecule has 0 aliphatic rings. The molecular formula is C11H16N2O3. The highest BCUT2D eigenvalue weighted by atomic mass is 16.6. The van der Waals surface area contributed by atoms with Gasteiger partial charge in [-0.1, -0.05) is 0 Å². The van der Waals surface area contributed by atoms with Gasteiger partial charge in [-0.25, -0.2) is 4.79 Å². The minimum Gasteiger partial charge on any atom is -0.409 e. The number of aryl methyl sites for hydroxylation is 1. The highest BCUT2D eigenvalue weighted by Crippen LogP contribution is 2.07. The van der Waals surface area contributed by atoms with Crippen LogP contribution in [0.15, 0.2) is 23.1 Å². The van der Waals surface area contributed by atoms with Gasteiger partial charge >= 0.3 is 6.09 Å². The summed E-state index contributed by atoms with van der Waals surface area (Å²) >= 11 is 0. The summed E-state index contributed by atoms with van der Waals surface area (Å²) in [5, 5.41) is 2.65. The molecular weight excluding hydrogens is 208 g/mol. The number of hydrogen-bond donors (Lipinski definition) is 1. The van der Waals surface area contributed by atoms with E-state index in [2.05, 4.69) is 5.32 Å². The summed E-state index contributed by atoms with van der Waals surface area (Å²) in [5.74, 6) is 0.337. The van der Waals surface area contributed by atoms with E-state index in [1.54, 1.807) is 7.05 Å². The molecule has 16 heavy (non-hydrogen) atoms. The molecule has 0 unspecified atom stereocenters. The Balaban J connectivity index is 2.71. The predicted octanol–water partition coefficient (Wildman–Crippen LogP) is 1.27. The van der Waals surface area contributed by atoms with Crippen molar-refractivity contribution in [2.24, 2.45) is 7.05 Å². The summed E-state index contributed by atoms with van der Waals surface area (Å²) in [6.07, 6.45) is 0.927. The molecule has 0 aliphatic carbocycles. The van der Waals surface area contributed by atoms with Crippen molar-refractivity contribution in [3.8, 4) is 5.75 Å². The van der Waals surface area contributed by atoms with Gasteiger partial charge in [-0.15, -0.1) is 0 Å². The number of carbonyl (C=O) groups is 1. The Labute approximate surface area is 94.0 Å². The van der Waals surface area contributed by atoms with Crippen molar-refractivity contribution in [2.45, 2.75) is 26.3 Å². The molecule has 0 saturated heterocycles. The van der Waals surface area contributed by atoms with Gasteiger partial charge in [0.05, 0.1) is 0 Å². The number of aromatic nitrogens is 1. The average molecular weight is 224 g/mol. The maximum Gasteiger partial charge on any atom is 0.413 e. The van der Waals surface area contributed by atoms with Gasteiger partial charge in [-0.05, 0) is 26.8 Å². The zero-order valence-corrected chi connectivity index (χ0v) is 9.90. The molecule has 1 amide bonds. The SMILES string of the molecule is Cn1cc(OC(=O)NC(C)(C)C)ccc1=O. The second-order valence-corrected chi connectivity index (χ2v) is 4.58. The van der Waals surface area contributed by atoms with Crippen LogP contribution in [0.5, 0.6) is 5.75 Å². The van der Waals surface area contributed by atoms with Gasteiger partial charge in [0.25, 0.3) is 5.56 Å². The second kappa shape index (κ2) is 4.38. The Kier molecular flexibility index (Phi) is 3.37. The Hall–Kier alpha value is -1.78. The van der Waals surface area contributed by atoms with Crippen molar-refractivity contribution in [3.63, 3.8) is 0 Å². The van der Waals surface area contributed by atoms with E-state index in [9.17, 15) is 9.59 Å². The zero-order chi connectivity index (χ0) is 12.3. The summed E-state index contributed by atoms with van der Waals surface area (Å²) in [7, 11) is 1.59. The number of carbonyl (C=O) groups excluding carboxylic acids is 1. The molecule has 88 valence electrons. The number of amides is 1. The molecule has 0 fully saturated rings. The molecule has 0 aliphatic heterocycles. The first-order chi connectivity index (χ1) is 7.28. The molecule has 0 atom stereocenters. The third-order valence-corrected chi connectivity index (χ3v) is 1.75. The largest absolute Gasteiger partial charge is 0.413 e. The normalized spacial score (nSPS) is 11.0. The van der Waals surface area contributed by atoms with Crippen LogP contribution >= 0.6 is 0 Å². The molecule has 5 heteroatoms. The van der Waals surface area contributed by atoms with E-state index in [0.717, 1.165) is 0 Å². The van der Waals surface area contributed by atoms with Gasteiger partial charge in [-0.2, -0.15) is 0 Å². The van der Waals surface area contributed by atoms with Crippen LogP contribution in [0.25, 0.3) is 0 Å². The Morgan fingerprint density at radius 2 is 2.00 bits per heavy atom. The standard InChI is InChI=1S/C11H16N2O3/c1-11(2,3)12-10(15)16-8-5-6-9(14)13(4)7-8/h5-7H,1-4H3,(H,12,15). The molecule has 0 aromatic carbocycles. The molecule has 1 aromatic rings. The first kappa shape index (κ1) is 12.3. The lowest BCUT2D eigenvalue weighted by Crippen LogP contribution is -2.42. The predicted molar refractivity (Wildman–Crippen MR) is 60.6 cm³/mol. The van der Waals surface area contributed by atoms with Crippen LogP contribution in [0.3, 0.4) is 0 Å². The Morgan fingerprint density at radius 1 is 1.38 bits per heavy atom. The maximum atomic E-state index is 11.4. The molecule has 1 heterocycles. The second-order valence-electron chi connectivity index (χ2n) is 4.58. The summed E-state index contributed by atoms with van der Waals surface area (Å²) in [4.78, 5) is 22.5. The fourth-order valence-corrected chi connectivity index (χ4v) is 1.07. The van der Waals surface area contributed by atoms with Crippen LogP contribution in [-0.2, 0) is 7.05 Å². The van der Waals surface area contributed by atoms with Gasteiger partial charge in [0.1, 0.15) is 5.75 Å². The fraction of sp³-hybridized carbons (Fsp3) is 0.455. The monoisotopic (exact) mass is 224 g/mol. The van der Waals surface area contributed by atoms with Crippen LogP contribution in [-0.4, -0.2) is 16.2 Å². The zero-order valence-electron chi connectivity index (χ0n) is 9.90. The minimum atomic E-state index is -0.536. The smallest absolute Gasteiger partial charge is 0.409 e. The lowest BCUT2D eigenvalue weighted by atomic mass is 10.1. The van der Waals surface area contributed by atoms with Crippen LogP contribution < -0.4 is 15.6 Å². The van der Waals surface area contributed by atoms with Crippen LogP contribution in [0.1, 0.15) is 20.8 Å². The number of hydrogen-bond acceptors (Lipinski definition) is 3. The highest BCUT2D eigenvalue weighted by molar-refractivity contribution is 5.70. The Morgan fingerprint density at radius 3 is 2.50 bits per heavy atom. The van der Waals surface area contributed by atoms with E-state index >= 15 is 0 Å². The van der Waals surface area contributed by atoms with Crippen molar-refractivity contribution >= 4 is 6.09 Å². The first-order valence-electron chi connectivity index (χ1n) is 4.94. The summed E-state index contributed by atoms with van der Waals surface area (Å²) in [5.41, 5.74) is -0.499. The van der Waals surface area contributed by atoms with E-state index in [4.69, 9.17) is 4.74 Å². The van der Waals surface area contributed by atoms with Gasteiger partial charge < -0.3 is 14.6 Å². The third kappa shape index (κ3) is 3.76. The summed E-state index contributed by atoms with van der Waals surface area (Å²) < 4.78 is 6.36. The van der Waals surface area contributed by atoms with Gasteiger partial charge in [0.2, 0.25) is 0 Å². The first-order valence-corrected chi connectivity index (χ1v) is 4.94. The van der Waals surface area contributed by atoms with E-state index in [0.29, 0.717) is 5.75 Å². The van der Waals surface area contributed by atoms with E-state index < -0.39 is 6.09 Å². The van der Waals surface area contributed by atoms with E-state index in [1.807, 2.05) is 20.8 Å². The molecule has 0 saturated carbocycles. The lowest BCUT2D eigenvalue weighted by molar-refractivity contribution is 0.190. The molecule has 1 rings (SSSR count). The number of ether oxygens (including phenoxy) is 1. The van der Waals surface area contributed by atoms with Crippen LogP contribution in [0.2, 0.25) is 0 Å².